The molecule has 0 unspecified atom stereocenters. The average molecular weight is 441 g/mol. The molecule has 0 atom stereocenters. The van der Waals surface area contributed by atoms with Crippen molar-refractivity contribution in [1.82, 2.24) is 29.4 Å². The second-order valence-electron chi connectivity index (χ2n) is 10.9. The zero-order valence-electron chi connectivity index (χ0n) is 19.2. The van der Waals surface area contributed by atoms with Gasteiger partial charge in [0.15, 0.2) is 5.82 Å². The van der Waals surface area contributed by atoms with Crippen molar-refractivity contribution in [1.29, 1.82) is 0 Å². The van der Waals surface area contributed by atoms with Crippen LogP contribution in [0.15, 0.2) is 12.4 Å². The Balaban J connectivity index is 1.01. The van der Waals surface area contributed by atoms with Crippen LogP contribution in [0.5, 0.6) is 0 Å². The Labute approximate surface area is 190 Å². The fourth-order valence-corrected chi connectivity index (χ4v) is 6.65. The minimum atomic E-state index is -0.0479. The molecule has 4 fully saturated rings. The van der Waals surface area contributed by atoms with E-state index in [1.807, 2.05) is 11.6 Å². The van der Waals surface area contributed by atoms with E-state index in [9.17, 15) is 5.11 Å². The van der Waals surface area contributed by atoms with Crippen LogP contribution in [0.25, 0.3) is 0 Å². The standard InChI is InChI=1S/C24H36N6O2/c1-28-22(12-31)26-27-23(28)18-4-2-17(3-5-18)19-10-25-30(11-19)21-8-6-20(7-9-21)29-13-24(14-29)15-32-16-24/h10-11,17-18,20-21,31H,2-9,12-16H2,1H3/t17-,18-,20-,21-. The van der Waals surface area contributed by atoms with E-state index in [0.29, 0.717) is 29.1 Å². The Bertz CT molecular complexity index is 926. The van der Waals surface area contributed by atoms with Crippen molar-refractivity contribution in [3.63, 3.8) is 0 Å². The van der Waals surface area contributed by atoms with Gasteiger partial charge < -0.3 is 14.4 Å². The van der Waals surface area contributed by atoms with Gasteiger partial charge in [-0.1, -0.05) is 0 Å². The molecule has 4 heterocycles. The summed E-state index contributed by atoms with van der Waals surface area (Å²) in [5.74, 6) is 2.73. The van der Waals surface area contributed by atoms with Gasteiger partial charge in [0.2, 0.25) is 0 Å². The van der Waals surface area contributed by atoms with Gasteiger partial charge in [-0.05, 0) is 62.8 Å². The summed E-state index contributed by atoms with van der Waals surface area (Å²) in [7, 11) is 1.97. The molecule has 2 aliphatic heterocycles. The highest BCUT2D eigenvalue weighted by Gasteiger charge is 2.50. The number of aromatic nitrogens is 5. The van der Waals surface area contributed by atoms with Crippen LogP contribution in [0.2, 0.25) is 0 Å². The summed E-state index contributed by atoms with van der Waals surface area (Å²) in [5.41, 5.74) is 1.94. The van der Waals surface area contributed by atoms with Gasteiger partial charge in [0, 0.05) is 43.7 Å². The zero-order valence-corrected chi connectivity index (χ0v) is 19.2. The first-order valence-electron chi connectivity index (χ1n) is 12.5. The summed E-state index contributed by atoms with van der Waals surface area (Å²) in [6.07, 6.45) is 14.2. The summed E-state index contributed by atoms with van der Waals surface area (Å²) in [6, 6.07) is 1.34. The number of hydrogen-bond acceptors (Lipinski definition) is 6. The van der Waals surface area contributed by atoms with Crippen LogP contribution in [-0.4, -0.2) is 66.9 Å². The molecule has 8 nitrogen and oxygen atoms in total. The van der Waals surface area contributed by atoms with Gasteiger partial charge in [-0.15, -0.1) is 10.2 Å². The van der Waals surface area contributed by atoms with Gasteiger partial charge in [0.1, 0.15) is 12.4 Å². The number of likely N-dealkylation sites (tertiary alicyclic amines) is 1. The normalized spacial score (nSPS) is 32.6. The molecule has 0 aromatic carbocycles. The van der Waals surface area contributed by atoms with Crippen LogP contribution in [0, 0.1) is 5.41 Å². The smallest absolute Gasteiger partial charge is 0.158 e. The van der Waals surface area contributed by atoms with Crippen LogP contribution in [-0.2, 0) is 18.4 Å². The van der Waals surface area contributed by atoms with Crippen molar-refractivity contribution in [3.8, 4) is 0 Å². The minimum absolute atomic E-state index is 0.0479. The predicted octanol–water partition coefficient (Wildman–Crippen LogP) is 2.76. The van der Waals surface area contributed by atoms with Crippen LogP contribution in [0.4, 0.5) is 0 Å². The zero-order chi connectivity index (χ0) is 21.7. The van der Waals surface area contributed by atoms with E-state index in [-0.39, 0.29) is 6.61 Å². The summed E-state index contributed by atoms with van der Waals surface area (Å²) < 4.78 is 9.67. The summed E-state index contributed by atoms with van der Waals surface area (Å²) in [5, 5.41) is 22.7. The number of nitrogens with zero attached hydrogens (tertiary/aromatic N) is 6. The molecule has 0 amide bonds. The van der Waals surface area contributed by atoms with Crippen LogP contribution < -0.4 is 0 Å². The van der Waals surface area contributed by atoms with Gasteiger partial charge in [-0.3, -0.25) is 9.58 Å². The summed E-state index contributed by atoms with van der Waals surface area (Å²) >= 11 is 0. The van der Waals surface area contributed by atoms with Gasteiger partial charge in [0.25, 0.3) is 0 Å². The van der Waals surface area contributed by atoms with Crippen LogP contribution in [0.3, 0.4) is 0 Å². The fraction of sp³-hybridized carbons (Fsp3) is 0.792. The monoisotopic (exact) mass is 440 g/mol. The highest BCUT2D eigenvalue weighted by Crippen LogP contribution is 2.43. The Kier molecular flexibility index (Phi) is 5.35. The molecule has 2 aliphatic carbocycles. The molecule has 4 aliphatic rings. The van der Waals surface area contributed by atoms with Crippen molar-refractivity contribution < 1.29 is 9.84 Å². The highest BCUT2D eigenvalue weighted by atomic mass is 16.5. The molecule has 0 radical (unpaired) electrons. The van der Waals surface area contributed by atoms with E-state index in [0.717, 1.165) is 37.9 Å². The second kappa shape index (κ2) is 8.22. The largest absolute Gasteiger partial charge is 0.388 e. The Morgan fingerprint density at radius 3 is 2.28 bits per heavy atom. The lowest BCUT2D eigenvalue weighted by Gasteiger charge is -2.58. The topological polar surface area (TPSA) is 81.2 Å². The molecule has 6 rings (SSSR count). The van der Waals surface area contributed by atoms with E-state index >= 15 is 0 Å². The third kappa shape index (κ3) is 3.60. The van der Waals surface area contributed by atoms with Crippen molar-refractivity contribution in [2.24, 2.45) is 12.5 Å². The van der Waals surface area contributed by atoms with E-state index < -0.39 is 0 Å². The van der Waals surface area contributed by atoms with Crippen molar-refractivity contribution >= 4 is 0 Å². The van der Waals surface area contributed by atoms with Gasteiger partial charge in [-0.2, -0.15) is 5.10 Å². The van der Waals surface area contributed by atoms with Crippen molar-refractivity contribution in [2.75, 3.05) is 26.3 Å². The first-order chi connectivity index (χ1) is 15.6. The molecule has 1 spiro atoms. The van der Waals surface area contributed by atoms with Gasteiger partial charge >= 0.3 is 0 Å². The lowest BCUT2D eigenvalue weighted by atomic mass is 9.75. The second-order valence-corrected chi connectivity index (χ2v) is 10.9. The van der Waals surface area contributed by atoms with E-state index in [2.05, 4.69) is 32.2 Å². The Hall–Kier alpha value is -1.77. The molecule has 2 saturated heterocycles. The molecule has 2 aromatic heterocycles. The maximum absolute atomic E-state index is 9.38. The molecule has 8 heteroatoms. The quantitative estimate of drug-likeness (QED) is 0.770. The highest BCUT2D eigenvalue weighted by molar-refractivity contribution is 5.15. The number of rotatable bonds is 5. The molecular formula is C24H36N6O2. The molecule has 0 bridgehead atoms. The molecule has 2 saturated carbocycles. The Morgan fingerprint density at radius 2 is 1.66 bits per heavy atom. The number of ether oxygens (including phenoxy) is 1. The number of hydrogen-bond donors (Lipinski definition) is 1. The lowest BCUT2D eigenvalue weighted by Crippen LogP contribution is -2.68. The van der Waals surface area contributed by atoms with Crippen LogP contribution in [0.1, 0.15) is 86.5 Å². The predicted molar refractivity (Wildman–Crippen MR) is 119 cm³/mol. The molecule has 174 valence electrons. The van der Waals surface area contributed by atoms with Gasteiger partial charge in [0.05, 0.1) is 25.5 Å². The number of aliphatic hydroxyl groups is 1. The maximum atomic E-state index is 9.38. The maximum Gasteiger partial charge on any atom is 0.158 e. The first kappa shape index (κ1) is 20.8. The van der Waals surface area contributed by atoms with Crippen LogP contribution >= 0.6 is 0 Å². The SMILES string of the molecule is Cn1c(CO)nnc1[C@H]1CC[C@H](c2cnn([C@H]3CC[C@H](N4CC5(COC5)C4)CC3)c2)CC1. The van der Waals surface area contributed by atoms with E-state index in [4.69, 9.17) is 9.84 Å². The lowest BCUT2D eigenvalue weighted by molar-refractivity contribution is -0.200. The molecule has 1 N–H and O–H groups in total. The van der Waals surface area contributed by atoms with E-state index in [1.165, 1.54) is 57.2 Å². The molecular weight excluding hydrogens is 404 g/mol. The summed E-state index contributed by atoms with van der Waals surface area (Å²) in [4.78, 5) is 2.70. The Morgan fingerprint density at radius 1 is 0.969 bits per heavy atom. The summed E-state index contributed by atoms with van der Waals surface area (Å²) in [6.45, 7) is 4.44. The molecule has 32 heavy (non-hydrogen) atoms. The van der Waals surface area contributed by atoms with Crippen molar-refractivity contribution in [3.05, 3.63) is 29.6 Å². The molecule has 2 aromatic rings. The third-order valence-electron chi connectivity index (χ3n) is 8.78. The fourth-order valence-electron chi connectivity index (χ4n) is 6.65. The average Bonchev–Trinajstić information content (AvgIpc) is 3.39. The number of aliphatic hydroxyl groups excluding tert-OH is 1. The van der Waals surface area contributed by atoms with E-state index in [1.54, 1.807) is 0 Å². The third-order valence-corrected chi connectivity index (χ3v) is 8.78. The minimum Gasteiger partial charge on any atom is -0.388 e. The van der Waals surface area contributed by atoms with Gasteiger partial charge in [-0.25, -0.2) is 0 Å². The van der Waals surface area contributed by atoms with Crippen molar-refractivity contribution in [2.45, 2.75) is 81.9 Å². The first-order valence-corrected chi connectivity index (χ1v) is 12.5.